The Kier molecular flexibility index (Phi) is 6.05. The van der Waals surface area contributed by atoms with Crippen molar-refractivity contribution in [2.45, 2.75) is 13.5 Å². The van der Waals surface area contributed by atoms with Crippen LogP contribution in [0.5, 0.6) is 5.75 Å². The van der Waals surface area contributed by atoms with E-state index in [1.54, 1.807) is 24.3 Å². The Hall–Kier alpha value is -2.78. The molecule has 9 heteroatoms. The molecule has 7 nitrogen and oxygen atoms in total. The summed E-state index contributed by atoms with van der Waals surface area (Å²) < 4.78 is 6.69. The molecule has 1 fully saturated rings. The zero-order valence-corrected chi connectivity index (χ0v) is 17.2. The van der Waals surface area contributed by atoms with E-state index in [2.05, 4.69) is 21.2 Å². The zero-order chi connectivity index (χ0) is 20.3. The molecule has 0 saturated carbocycles. The molecule has 0 radical (unpaired) electrons. The van der Waals surface area contributed by atoms with Gasteiger partial charge in [-0.3, -0.25) is 19.8 Å². The number of hydrogen-bond donors (Lipinski definition) is 1. The monoisotopic (exact) mass is 461 g/mol. The minimum absolute atomic E-state index is 0.00756. The van der Waals surface area contributed by atoms with Crippen LogP contribution < -0.4 is 10.1 Å². The summed E-state index contributed by atoms with van der Waals surface area (Å²) in [4.78, 5) is 24.4. The number of nitro groups is 1. The van der Waals surface area contributed by atoms with Gasteiger partial charge in [-0.2, -0.15) is 0 Å². The fourth-order valence-electron chi connectivity index (χ4n) is 2.70. The lowest BCUT2D eigenvalue weighted by molar-refractivity contribution is -0.384. The molecule has 28 heavy (non-hydrogen) atoms. The first-order chi connectivity index (χ1) is 13.4. The third-order valence-electron chi connectivity index (χ3n) is 4.07. The third kappa shape index (κ3) is 4.37. The van der Waals surface area contributed by atoms with Gasteiger partial charge >= 0.3 is 0 Å². The molecule has 0 spiro atoms. The average Bonchev–Trinajstić information content (AvgIpc) is 2.94. The Morgan fingerprint density at radius 3 is 2.79 bits per heavy atom. The van der Waals surface area contributed by atoms with Crippen molar-refractivity contribution in [3.8, 4) is 5.75 Å². The van der Waals surface area contributed by atoms with Crippen LogP contribution in [0.4, 0.5) is 5.69 Å². The number of nitrogens with one attached hydrogen (secondary N) is 1. The molecule has 0 unspecified atom stereocenters. The van der Waals surface area contributed by atoms with E-state index >= 15 is 0 Å². The van der Waals surface area contributed by atoms with E-state index in [0.717, 1.165) is 4.47 Å². The van der Waals surface area contributed by atoms with Crippen molar-refractivity contribution < 1.29 is 14.5 Å². The number of benzene rings is 2. The summed E-state index contributed by atoms with van der Waals surface area (Å²) in [6.07, 6.45) is 1.68. The van der Waals surface area contributed by atoms with Crippen LogP contribution in [0.1, 0.15) is 18.1 Å². The average molecular weight is 462 g/mol. The molecule has 0 atom stereocenters. The summed E-state index contributed by atoms with van der Waals surface area (Å²) in [6.45, 7) is 2.48. The highest BCUT2D eigenvalue weighted by atomic mass is 79.9. The zero-order valence-electron chi connectivity index (χ0n) is 14.8. The van der Waals surface area contributed by atoms with Crippen LogP contribution >= 0.6 is 28.1 Å². The number of non-ortho nitro benzene ring substituents is 1. The first-order valence-electron chi connectivity index (χ1n) is 8.39. The van der Waals surface area contributed by atoms with Gasteiger partial charge in [0.2, 0.25) is 0 Å². The molecular weight excluding hydrogens is 446 g/mol. The van der Waals surface area contributed by atoms with Crippen LogP contribution in [-0.2, 0) is 11.4 Å². The maximum absolute atomic E-state index is 12.4. The molecule has 3 rings (SSSR count). The third-order valence-corrected chi connectivity index (χ3v) is 4.88. The minimum Gasteiger partial charge on any atom is -0.488 e. The Balaban J connectivity index is 1.85. The first-order valence-corrected chi connectivity index (χ1v) is 9.59. The molecule has 2 aromatic rings. The van der Waals surface area contributed by atoms with Crippen molar-refractivity contribution >= 4 is 50.9 Å². The van der Waals surface area contributed by atoms with Gasteiger partial charge in [0, 0.05) is 28.7 Å². The standard InChI is InChI=1S/C19H16BrN3O4S/c1-2-22-18(24)16(21-19(22)28)10-13-9-14(20)6-7-17(13)27-11-12-4-3-5-15(8-12)23(25)26/h3-10H,2,11H2,1H3,(H,21,28). The van der Waals surface area contributed by atoms with Crippen molar-refractivity contribution in [1.29, 1.82) is 0 Å². The lowest BCUT2D eigenvalue weighted by Crippen LogP contribution is -2.30. The Bertz CT molecular complexity index is 993. The van der Waals surface area contributed by atoms with E-state index < -0.39 is 4.92 Å². The van der Waals surface area contributed by atoms with Gasteiger partial charge in [0.25, 0.3) is 11.6 Å². The van der Waals surface area contributed by atoms with Gasteiger partial charge < -0.3 is 10.1 Å². The van der Waals surface area contributed by atoms with Crippen molar-refractivity contribution in [3.05, 3.63) is 73.9 Å². The highest BCUT2D eigenvalue weighted by Crippen LogP contribution is 2.27. The number of nitro benzene ring substituents is 1. The van der Waals surface area contributed by atoms with Crippen LogP contribution in [0, 0.1) is 10.1 Å². The van der Waals surface area contributed by atoms with E-state index in [1.165, 1.54) is 17.0 Å². The molecular formula is C19H16BrN3O4S. The largest absolute Gasteiger partial charge is 0.488 e. The van der Waals surface area contributed by atoms with Crippen LogP contribution in [0.15, 0.2) is 52.6 Å². The second kappa shape index (κ2) is 8.49. The van der Waals surface area contributed by atoms with Crippen LogP contribution in [0.25, 0.3) is 6.08 Å². The van der Waals surface area contributed by atoms with Crippen molar-refractivity contribution in [3.63, 3.8) is 0 Å². The van der Waals surface area contributed by atoms with Gasteiger partial charge in [-0.05, 0) is 49.0 Å². The molecule has 2 aromatic carbocycles. The normalized spacial score (nSPS) is 15.1. The molecule has 1 aliphatic heterocycles. The summed E-state index contributed by atoms with van der Waals surface area (Å²) in [5.41, 5.74) is 1.72. The highest BCUT2D eigenvalue weighted by Gasteiger charge is 2.29. The second-order valence-electron chi connectivity index (χ2n) is 5.94. The van der Waals surface area contributed by atoms with E-state index in [-0.39, 0.29) is 18.2 Å². The van der Waals surface area contributed by atoms with Crippen LogP contribution in [0.2, 0.25) is 0 Å². The van der Waals surface area contributed by atoms with Crippen molar-refractivity contribution in [2.24, 2.45) is 0 Å². The topological polar surface area (TPSA) is 84.7 Å². The van der Waals surface area contributed by atoms with E-state index in [1.807, 2.05) is 19.1 Å². The van der Waals surface area contributed by atoms with Crippen molar-refractivity contribution in [1.82, 2.24) is 10.2 Å². The number of hydrogen-bond acceptors (Lipinski definition) is 5. The number of carbonyl (C=O) groups excluding carboxylic acids is 1. The summed E-state index contributed by atoms with van der Waals surface area (Å²) in [7, 11) is 0. The fraction of sp³-hybridized carbons (Fsp3) is 0.158. The van der Waals surface area contributed by atoms with Crippen LogP contribution in [0.3, 0.4) is 0 Å². The Morgan fingerprint density at radius 1 is 1.32 bits per heavy atom. The van der Waals surface area contributed by atoms with Gasteiger partial charge in [-0.1, -0.05) is 28.1 Å². The number of rotatable bonds is 6. The number of amides is 1. The smallest absolute Gasteiger partial charge is 0.276 e. The van der Waals surface area contributed by atoms with E-state index in [0.29, 0.717) is 34.2 Å². The molecule has 0 bridgehead atoms. The van der Waals surface area contributed by atoms with Gasteiger partial charge in [-0.15, -0.1) is 0 Å². The molecule has 1 amide bonds. The summed E-state index contributed by atoms with van der Waals surface area (Å²) in [5, 5.41) is 14.2. The molecule has 1 aliphatic rings. The second-order valence-corrected chi connectivity index (χ2v) is 7.24. The number of nitrogens with zero attached hydrogens (tertiary/aromatic N) is 2. The summed E-state index contributed by atoms with van der Waals surface area (Å²) >= 11 is 8.59. The van der Waals surface area contributed by atoms with E-state index in [9.17, 15) is 14.9 Å². The molecule has 0 aromatic heterocycles. The first kappa shape index (κ1) is 20.0. The van der Waals surface area contributed by atoms with Gasteiger partial charge in [0.05, 0.1) is 4.92 Å². The SMILES string of the molecule is CCN1C(=O)C(=Cc2cc(Br)ccc2OCc2cccc([N+](=O)[O-])c2)NC1=S. The number of likely N-dealkylation sites (N-methyl/N-ethyl adjacent to an activating group) is 1. The van der Waals surface area contributed by atoms with Gasteiger partial charge in [0.15, 0.2) is 5.11 Å². The number of carbonyl (C=O) groups is 1. The number of thiocarbonyl (C=S) groups is 1. The van der Waals surface area contributed by atoms with E-state index in [4.69, 9.17) is 17.0 Å². The molecule has 1 saturated heterocycles. The quantitative estimate of drug-likeness (QED) is 0.302. The Labute approximate surface area is 175 Å². The number of ether oxygens (including phenoxy) is 1. The molecule has 144 valence electrons. The summed E-state index contributed by atoms with van der Waals surface area (Å²) in [5.74, 6) is 0.342. The van der Waals surface area contributed by atoms with Crippen LogP contribution in [-0.4, -0.2) is 27.4 Å². The fourth-order valence-corrected chi connectivity index (χ4v) is 3.40. The maximum Gasteiger partial charge on any atom is 0.276 e. The van der Waals surface area contributed by atoms with Crippen molar-refractivity contribution in [2.75, 3.05) is 6.54 Å². The molecule has 1 N–H and O–H groups in total. The number of halogens is 1. The maximum atomic E-state index is 12.4. The lowest BCUT2D eigenvalue weighted by atomic mass is 10.1. The lowest BCUT2D eigenvalue weighted by Gasteiger charge is -2.11. The molecule has 0 aliphatic carbocycles. The molecule has 1 heterocycles. The predicted molar refractivity (Wildman–Crippen MR) is 113 cm³/mol. The summed E-state index contributed by atoms with van der Waals surface area (Å²) in [6, 6.07) is 11.7. The Morgan fingerprint density at radius 2 is 2.11 bits per heavy atom. The minimum atomic E-state index is -0.446. The van der Waals surface area contributed by atoms with Gasteiger partial charge in [0.1, 0.15) is 18.1 Å². The van der Waals surface area contributed by atoms with Gasteiger partial charge in [-0.25, -0.2) is 0 Å². The highest BCUT2D eigenvalue weighted by molar-refractivity contribution is 9.10. The predicted octanol–water partition coefficient (Wildman–Crippen LogP) is 4.01.